The van der Waals surface area contributed by atoms with Gasteiger partial charge in [-0.15, -0.1) is 0 Å². The molecule has 0 aliphatic carbocycles. The SMILES string of the molecule is COc1ccc(CNC(C)c2cccc([N+](=O)[O-])c2)cn1. The van der Waals surface area contributed by atoms with Crippen molar-refractivity contribution in [2.24, 2.45) is 0 Å². The van der Waals surface area contributed by atoms with Gasteiger partial charge in [-0.1, -0.05) is 18.2 Å². The summed E-state index contributed by atoms with van der Waals surface area (Å²) in [6.07, 6.45) is 1.74. The molecule has 1 atom stereocenters. The maximum atomic E-state index is 10.8. The van der Waals surface area contributed by atoms with Crippen LogP contribution in [-0.4, -0.2) is 17.0 Å². The standard InChI is InChI=1S/C15H17N3O3/c1-11(13-4-3-5-14(8-13)18(19)20)16-9-12-6-7-15(21-2)17-10-12/h3-8,10-11,16H,9H2,1-2H3. The number of benzene rings is 1. The van der Waals surface area contributed by atoms with Crippen LogP contribution < -0.4 is 10.1 Å². The number of non-ortho nitro benzene ring substituents is 1. The molecule has 0 radical (unpaired) electrons. The number of nitrogens with zero attached hydrogens (tertiary/aromatic N) is 2. The van der Waals surface area contributed by atoms with Crippen LogP contribution in [0, 0.1) is 10.1 Å². The number of nitro groups is 1. The summed E-state index contributed by atoms with van der Waals surface area (Å²) in [4.78, 5) is 14.5. The van der Waals surface area contributed by atoms with E-state index in [0.29, 0.717) is 12.4 Å². The minimum Gasteiger partial charge on any atom is -0.481 e. The molecule has 2 aromatic rings. The first-order valence-corrected chi connectivity index (χ1v) is 6.57. The van der Waals surface area contributed by atoms with Gasteiger partial charge in [-0.3, -0.25) is 10.1 Å². The molecular formula is C15H17N3O3. The lowest BCUT2D eigenvalue weighted by molar-refractivity contribution is -0.384. The Morgan fingerprint density at radius 2 is 2.19 bits per heavy atom. The first-order valence-electron chi connectivity index (χ1n) is 6.57. The monoisotopic (exact) mass is 287 g/mol. The van der Waals surface area contributed by atoms with Crippen LogP contribution >= 0.6 is 0 Å². The second kappa shape index (κ2) is 6.81. The number of methoxy groups -OCH3 is 1. The van der Waals surface area contributed by atoms with Gasteiger partial charge in [0.25, 0.3) is 5.69 Å². The lowest BCUT2D eigenvalue weighted by Gasteiger charge is -2.14. The summed E-state index contributed by atoms with van der Waals surface area (Å²) in [6.45, 7) is 2.59. The van der Waals surface area contributed by atoms with E-state index >= 15 is 0 Å². The lowest BCUT2D eigenvalue weighted by Crippen LogP contribution is -2.18. The molecule has 0 aliphatic rings. The molecule has 21 heavy (non-hydrogen) atoms. The average molecular weight is 287 g/mol. The lowest BCUT2D eigenvalue weighted by atomic mass is 10.1. The maximum absolute atomic E-state index is 10.8. The van der Waals surface area contributed by atoms with Crippen LogP contribution in [0.2, 0.25) is 0 Å². The number of pyridine rings is 1. The summed E-state index contributed by atoms with van der Waals surface area (Å²) < 4.78 is 5.00. The first kappa shape index (κ1) is 14.9. The molecule has 6 nitrogen and oxygen atoms in total. The van der Waals surface area contributed by atoms with E-state index in [-0.39, 0.29) is 16.7 Å². The molecule has 1 heterocycles. The molecule has 1 aromatic carbocycles. The molecule has 1 unspecified atom stereocenters. The first-order chi connectivity index (χ1) is 10.1. The average Bonchev–Trinajstić information content (AvgIpc) is 2.53. The van der Waals surface area contributed by atoms with Crippen molar-refractivity contribution < 1.29 is 9.66 Å². The maximum Gasteiger partial charge on any atom is 0.269 e. The Hall–Kier alpha value is -2.47. The molecule has 1 aromatic heterocycles. The molecule has 0 saturated heterocycles. The van der Waals surface area contributed by atoms with Gasteiger partial charge in [0.2, 0.25) is 5.88 Å². The van der Waals surface area contributed by atoms with Crippen molar-refractivity contribution in [3.05, 3.63) is 63.8 Å². The zero-order valence-corrected chi connectivity index (χ0v) is 11.9. The molecule has 6 heteroatoms. The van der Waals surface area contributed by atoms with Crippen molar-refractivity contribution in [1.82, 2.24) is 10.3 Å². The van der Waals surface area contributed by atoms with E-state index in [1.54, 1.807) is 31.5 Å². The summed E-state index contributed by atoms with van der Waals surface area (Å²) in [5, 5.41) is 14.1. The number of aromatic nitrogens is 1. The Balaban J connectivity index is 1.99. The Kier molecular flexibility index (Phi) is 4.84. The fraction of sp³-hybridized carbons (Fsp3) is 0.267. The summed E-state index contributed by atoms with van der Waals surface area (Å²) in [6, 6.07) is 10.4. The highest BCUT2D eigenvalue weighted by atomic mass is 16.6. The van der Waals surface area contributed by atoms with E-state index in [4.69, 9.17) is 4.74 Å². The van der Waals surface area contributed by atoms with E-state index in [2.05, 4.69) is 10.3 Å². The van der Waals surface area contributed by atoms with Crippen LogP contribution in [0.1, 0.15) is 24.1 Å². The van der Waals surface area contributed by atoms with Gasteiger partial charge in [0.05, 0.1) is 12.0 Å². The summed E-state index contributed by atoms with van der Waals surface area (Å²) >= 11 is 0. The second-order valence-corrected chi connectivity index (χ2v) is 4.66. The second-order valence-electron chi connectivity index (χ2n) is 4.66. The molecule has 0 amide bonds. The molecule has 0 fully saturated rings. The van der Waals surface area contributed by atoms with Crippen LogP contribution in [-0.2, 0) is 6.54 Å². The van der Waals surface area contributed by atoms with E-state index in [9.17, 15) is 10.1 Å². The van der Waals surface area contributed by atoms with Gasteiger partial charge in [0.15, 0.2) is 0 Å². The number of hydrogen-bond donors (Lipinski definition) is 1. The topological polar surface area (TPSA) is 77.3 Å². The van der Waals surface area contributed by atoms with Crippen LogP contribution in [0.3, 0.4) is 0 Å². The number of ether oxygens (including phenoxy) is 1. The molecule has 2 rings (SSSR count). The molecule has 0 aliphatic heterocycles. The number of rotatable bonds is 6. The highest BCUT2D eigenvalue weighted by Gasteiger charge is 2.10. The van der Waals surface area contributed by atoms with Gasteiger partial charge in [-0.25, -0.2) is 4.98 Å². The van der Waals surface area contributed by atoms with Crippen LogP contribution in [0.5, 0.6) is 5.88 Å². The Morgan fingerprint density at radius 3 is 2.81 bits per heavy atom. The van der Waals surface area contributed by atoms with E-state index < -0.39 is 0 Å². The fourth-order valence-corrected chi connectivity index (χ4v) is 1.93. The van der Waals surface area contributed by atoms with E-state index in [0.717, 1.165) is 11.1 Å². The Morgan fingerprint density at radius 1 is 1.38 bits per heavy atom. The minimum absolute atomic E-state index is 0.00648. The van der Waals surface area contributed by atoms with Gasteiger partial charge in [0.1, 0.15) is 0 Å². The zero-order valence-electron chi connectivity index (χ0n) is 11.9. The molecular weight excluding hydrogens is 270 g/mol. The third kappa shape index (κ3) is 4.00. The van der Waals surface area contributed by atoms with Gasteiger partial charge < -0.3 is 10.1 Å². The van der Waals surface area contributed by atoms with E-state index in [1.165, 1.54) is 6.07 Å². The van der Waals surface area contributed by atoms with Crippen molar-refractivity contribution in [2.75, 3.05) is 7.11 Å². The Labute approximate surface area is 122 Å². The van der Waals surface area contributed by atoms with Gasteiger partial charge in [0, 0.05) is 37.0 Å². The number of hydrogen-bond acceptors (Lipinski definition) is 5. The Bertz CT molecular complexity index is 614. The summed E-state index contributed by atoms with van der Waals surface area (Å²) in [5.41, 5.74) is 2.01. The molecule has 0 spiro atoms. The van der Waals surface area contributed by atoms with Crippen molar-refractivity contribution in [3.8, 4) is 5.88 Å². The fourth-order valence-electron chi connectivity index (χ4n) is 1.93. The molecule has 0 saturated carbocycles. The van der Waals surface area contributed by atoms with Crippen LogP contribution in [0.15, 0.2) is 42.6 Å². The van der Waals surface area contributed by atoms with Gasteiger partial charge in [-0.2, -0.15) is 0 Å². The largest absolute Gasteiger partial charge is 0.481 e. The van der Waals surface area contributed by atoms with Gasteiger partial charge >= 0.3 is 0 Å². The van der Waals surface area contributed by atoms with Crippen molar-refractivity contribution >= 4 is 5.69 Å². The smallest absolute Gasteiger partial charge is 0.269 e. The summed E-state index contributed by atoms with van der Waals surface area (Å²) in [5.74, 6) is 0.575. The van der Waals surface area contributed by atoms with Crippen molar-refractivity contribution in [1.29, 1.82) is 0 Å². The number of nitro benzene ring substituents is 1. The summed E-state index contributed by atoms with van der Waals surface area (Å²) in [7, 11) is 1.57. The zero-order chi connectivity index (χ0) is 15.2. The minimum atomic E-state index is -0.385. The normalized spacial score (nSPS) is 11.9. The van der Waals surface area contributed by atoms with Gasteiger partial charge in [-0.05, 0) is 18.1 Å². The predicted molar refractivity (Wildman–Crippen MR) is 79.1 cm³/mol. The number of nitrogens with one attached hydrogen (secondary N) is 1. The molecule has 0 bridgehead atoms. The van der Waals surface area contributed by atoms with Crippen molar-refractivity contribution in [3.63, 3.8) is 0 Å². The highest BCUT2D eigenvalue weighted by molar-refractivity contribution is 5.35. The van der Waals surface area contributed by atoms with Crippen LogP contribution in [0.25, 0.3) is 0 Å². The molecule has 1 N–H and O–H groups in total. The highest BCUT2D eigenvalue weighted by Crippen LogP contribution is 2.19. The third-order valence-electron chi connectivity index (χ3n) is 3.20. The quantitative estimate of drug-likeness (QED) is 0.653. The van der Waals surface area contributed by atoms with Crippen LogP contribution in [0.4, 0.5) is 5.69 Å². The van der Waals surface area contributed by atoms with Crippen molar-refractivity contribution in [2.45, 2.75) is 19.5 Å². The van der Waals surface area contributed by atoms with E-state index in [1.807, 2.05) is 19.1 Å². The molecule has 110 valence electrons. The third-order valence-corrected chi connectivity index (χ3v) is 3.20. The predicted octanol–water partition coefficient (Wildman–Crippen LogP) is 2.85.